The van der Waals surface area contributed by atoms with Crippen LogP contribution in [-0.2, 0) is 49.8 Å². The number of allylic oxidation sites excluding steroid dienone is 5. The number of carbonyl (C=O) groups is 3. The fraction of sp³-hybridized carbons (Fsp3) is 0.537. The van der Waals surface area contributed by atoms with Crippen molar-refractivity contribution in [2.75, 3.05) is 33.7 Å². The third kappa shape index (κ3) is 11.9. The van der Waals surface area contributed by atoms with Crippen molar-refractivity contribution in [1.29, 1.82) is 0 Å². The number of esters is 2. The molecule has 14 unspecified atom stereocenters. The van der Waals surface area contributed by atoms with Crippen LogP contribution in [0.2, 0.25) is 0 Å². The molecule has 6 heterocycles. The summed E-state index contributed by atoms with van der Waals surface area (Å²) in [7, 11) is 4.04. The molecule has 1 spiro atoms. The Hall–Kier alpha value is -6.47. The average molecular weight is 1260 g/mol. The highest BCUT2D eigenvalue weighted by Gasteiger charge is 2.69. The zero-order valence-electron chi connectivity index (χ0n) is 55.1. The fourth-order valence-electron chi connectivity index (χ4n) is 20.1. The van der Waals surface area contributed by atoms with Crippen LogP contribution in [0, 0.1) is 75.9 Å². The van der Waals surface area contributed by atoms with E-state index < -0.39 is 22.5 Å². The smallest absolute Gasteiger partial charge is 0.340 e. The number of β-amino-alcohol motifs (C(OH)–C–C–N with tert-alkyl or cyclic N) is 1. The summed E-state index contributed by atoms with van der Waals surface area (Å²) in [6.45, 7) is 7.10. The molecule has 16 rings (SSSR count). The number of rotatable bonds is 11. The number of fused-ring (bicyclic) bond motifs is 5. The Labute approximate surface area is 550 Å². The van der Waals surface area contributed by atoms with Gasteiger partial charge in [0.15, 0.2) is 0 Å². The number of hydrogen-bond acceptors (Lipinski definition) is 13. The largest absolute Gasteiger partial charge is 0.508 e. The lowest BCUT2D eigenvalue weighted by molar-refractivity contribution is -0.135. The van der Waals surface area contributed by atoms with Gasteiger partial charge in [-0.15, -0.1) is 0 Å². The molecule has 93 heavy (non-hydrogen) atoms. The van der Waals surface area contributed by atoms with Crippen molar-refractivity contribution >= 4 is 23.8 Å². The van der Waals surface area contributed by atoms with Crippen LogP contribution >= 0.6 is 0 Å². The minimum Gasteiger partial charge on any atom is -0.508 e. The van der Waals surface area contributed by atoms with Gasteiger partial charge in [0.2, 0.25) is 0 Å². The minimum atomic E-state index is -1.38. The van der Waals surface area contributed by atoms with Crippen LogP contribution in [0.1, 0.15) is 162 Å². The van der Waals surface area contributed by atoms with Gasteiger partial charge >= 0.3 is 11.9 Å². The van der Waals surface area contributed by atoms with Gasteiger partial charge in [-0.1, -0.05) is 111 Å². The number of nitrogens with one attached hydrogen (secondary N) is 5. The SMILES string of the molecule is CCC(C=C1OC(=O)C2=C3c4cc(O)ccc4-c4cccc(c4)CNCCc4cc(CNC)cc(c4)C4NCC(C)(O)C(CC=O)C#CC(C5(O)CCCCC5)CC5CC(C6CCNC(NC)C6)(CC=C6OC(=O)C7=C6CCC6C3CCC12C76)CC54)Cc1ccccc1. The summed E-state index contributed by atoms with van der Waals surface area (Å²) in [5.41, 5.74) is 8.26. The third-order valence-electron chi connectivity index (χ3n) is 24.6. The van der Waals surface area contributed by atoms with Crippen molar-refractivity contribution in [3.05, 3.63) is 165 Å². The molecule has 490 valence electrons. The molecule has 0 amide bonds. The molecule has 2 saturated heterocycles. The molecule has 14 atom stereocenters. The van der Waals surface area contributed by atoms with Crippen LogP contribution in [0.3, 0.4) is 0 Å². The maximum absolute atomic E-state index is 15.6. The molecule has 14 bridgehead atoms. The first kappa shape index (κ1) is 63.9. The second kappa shape index (κ2) is 26.3. The first-order valence-corrected chi connectivity index (χ1v) is 35.5. The van der Waals surface area contributed by atoms with E-state index in [1.807, 2.05) is 39.2 Å². The van der Waals surface area contributed by atoms with Gasteiger partial charge < -0.3 is 56.2 Å². The second-order valence-electron chi connectivity index (χ2n) is 30.0. The normalized spacial score (nSPS) is 33.9. The Bertz CT molecular complexity index is 3720. The van der Waals surface area contributed by atoms with Crippen molar-refractivity contribution in [1.82, 2.24) is 26.6 Å². The van der Waals surface area contributed by atoms with Crippen LogP contribution in [0.15, 0.2) is 131 Å². The number of phenolic OH excluding ortho intramolecular Hbond substituents is 1. The molecule has 13 nitrogen and oxygen atoms in total. The van der Waals surface area contributed by atoms with Crippen LogP contribution in [0.5, 0.6) is 5.75 Å². The van der Waals surface area contributed by atoms with Crippen molar-refractivity contribution in [2.45, 2.75) is 172 Å². The van der Waals surface area contributed by atoms with Crippen LogP contribution < -0.4 is 26.6 Å². The van der Waals surface area contributed by atoms with Gasteiger partial charge in [0.25, 0.3) is 0 Å². The van der Waals surface area contributed by atoms with Crippen LogP contribution in [0.25, 0.3) is 16.7 Å². The molecule has 6 aliphatic carbocycles. The molecular formula is C80H97N5O8. The first-order chi connectivity index (χ1) is 45.1. The van der Waals surface area contributed by atoms with E-state index >= 15 is 9.59 Å². The van der Waals surface area contributed by atoms with E-state index in [1.165, 1.54) is 22.3 Å². The Morgan fingerprint density at radius 3 is 2.45 bits per heavy atom. The Morgan fingerprint density at radius 1 is 0.796 bits per heavy atom. The number of aliphatic hydroxyl groups is 2. The zero-order chi connectivity index (χ0) is 64.2. The summed E-state index contributed by atoms with van der Waals surface area (Å²) in [6, 6.07) is 31.6. The van der Waals surface area contributed by atoms with Crippen molar-refractivity contribution in [3.63, 3.8) is 0 Å². The molecule has 0 radical (unpaired) electrons. The van der Waals surface area contributed by atoms with E-state index in [0.29, 0.717) is 80.8 Å². The molecule has 12 aliphatic rings. The van der Waals surface area contributed by atoms with Gasteiger partial charge in [0, 0.05) is 55.1 Å². The van der Waals surface area contributed by atoms with Gasteiger partial charge in [-0.2, -0.15) is 0 Å². The molecule has 4 aromatic carbocycles. The molecule has 5 fully saturated rings. The number of benzene rings is 4. The van der Waals surface area contributed by atoms with E-state index in [0.717, 1.165) is 123 Å². The van der Waals surface area contributed by atoms with E-state index in [2.05, 4.69) is 124 Å². The molecule has 8 N–H and O–H groups in total. The Kier molecular flexibility index (Phi) is 18.0. The number of ether oxygens (including phenoxy) is 2. The summed E-state index contributed by atoms with van der Waals surface area (Å²) in [5.74, 6) is 6.90. The lowest BCUT2D eigenvalue weighted by Gasteiger charge is -2.56. The van der Waals surface area contributed by atoms with Crippen LogP contribution in [-0.4, -0.2) is 84.6 Å². The lowest BCUT2D eigenvalue weighted by Crippen LogP contribution is -2.52. The fourth-order valence-corrected chi connectivity index (χ4v) is 20.1. The quantitative estimate of drug-likeness (QED) is 0.0403. The van der Waals surface area contributed by atoms with Gasteiger partial charge in [-0.05, 0) is 252 Å². The minimum absolute atomic E-state index is 0.0151. The zero-order valence-corrected chi connectivity index (χ0v) is 55.1. The molecule has 6 aliphatic heterocycles. The van der Waals surface area contributed by atoms with Gasteiger partial charge in [0.05, 0.1) is 34.3 Å². The Balaban J connectivity index is 0.964. The van der Waals surface area contributed by atoms with Crippen molar-refractivity contribution in [3.8, 4) is 28.7 Å². The van der Waals surface area contributed by atoms with E-state index in [4.69, 9.17) is 9.47 Å². The van der Waals surface area contributed by atoms with E-state index in [1.54, 1.807) is 6.07 Å². The number of hydrogen-bond donors (Lipinski definition) is 8. The number of piperidine rings is 1. The van der Waals surface area contributed by atoms with E-state index in [9.17, 15) is 20.1 Å². The van der Waals surface area contributed by atoms with Crippen molar-refractivity contribution in [2.24, 2.45) is 64.1 Å². The monoisotopic (exact) mass is 1260 g/mol. The number of carbonyl (C=O) groups excluding carboxylic acids is 3. The number of aromatic hydroxyl groups is 1. The highest BCUT2D eigenvalue weighted by molar-refractivity contribution is 6.07. The number of cyclic esters (lactones) is 1. The number of phenols is 1. The Morgan fingerprint density at radius 2 is 1.65 bits per heavy atom. The molecule has 4 aromatic rings. The highest BCUT2D eigenvalue weighted by Crippen LogP contribution is 2.72. The van der Waals surface area contributed by atoms with E-state index in [-0.39, 0.29) is 95.6 Å². The second-order valence-corrected chi connectivity index (χ2v) is 30.0. The van der Waals surface area contributed by atoms with Crippen LogP contribution in [0.4, 0.5) is 0 Å². The van der Waals surface area contributed by atoms with Gasteiger partial charge in [-0.25, -0.2) is 9.59 Å². The summed E-state index contributed by atoms with van der Waals surface area (Å²) in [5, 5.41) is 56.2. The van der Waals surface area contributed by atoms with Crippen molar-refractivity contribution < 1.29 is 39.2 Å². The average Bonchev–Trinajstić information content (AvgIpc) is 1.59. The summed E-state index contributed by atoms with van der Waals surface area (Å²) < 4.78 is 13.7. The molecule has 13 heteroatoms. The topological polar surface area (TPSA) is 191 Å². The van der Waals surface area contributed by atoms with Gasteiger partial charge in [0.1, 0.15) is 23.6 Å². The standard InChI is InChI=1S/C80H97N5O8/c1-5-49(35-50-13-8-6-9-14-50)40-68-80-31-23-62-63-21-22-64-67(92-75(88)71(64)72(63)80)24-30-78(58-26-33-84-69(42-58)82-4)44-56-41-59(79(91)28-10-7-11-29-79)18-17-57(27-34-86)77(2,90)48-85-74(66(56)45-78)55-37-51(36-53(39-55)46-81-3)25-32-83-47-52-15-12-16-54(38-52)61-20-19-60(87)43-65(61)70(62)73(80)76(89)93-68/h6,8-9,12-16,19-20,24,34,36-40,43,49,56-59,62-63,66,69,72,74,81-85,87,90-91H,5,7,10-11,21-23,25-33,35,41-42,44-48H2,1-4H3. The maximum atomic E-state index is 15.6. The lowest BCUT2D eigenvalue weighted by atomic mass is 9.44. The molecular weight excluding hydrogens is 1160 g/mol. The predicted molar refractivity (Wildman–Crippen MR) is 362 cm³/mol. The maximum Gasteiger partial charge on any atom is 0.340 e. The highest BCUT2D eigenvalue weighted by atomic mass is 16.6. The third-order valence-corrected chi connectivity index (χ3v) is 24.6. The summed E-state index contributed by atoms with van der Waals surface area (Å²) >= 11 is 0. The van der Waals surface area contributed by atoms with Gasteiger partial charge in [-0.3, -0.25) is 0 Å². The molecule has 3 saturated carbocycles. The summed E-state index contributed by atoms with van der Waals surface area (Å²) in [4.78, 5) is 43.6. The summed E-state index contributed by atoms with van der Waals surface area (Å²) in [6.07, 6.45) is 20.1. The molecule has 0 aromatic heterocycles. The predicted octanol–water partition coefficient (Wildman–Crippen LogP) is 12.0. The number of aldehydes is 1. The first-order valence-electron chi connectivity index (χ1n) is 35.5.